The van der Waals surface area contributed by atoms with Crippen LogP contribution >= 0.6 is 0 Å². The van der Waals surface area contributed by atoms with Crippen molar-refractivity contribution in [1.82, 2.24) is 5.16 Å². The largest absolute Gasteiger partial charge is 0.497 e. The summed E-state index contributed by atoms with van der Waals surface area (Å²) in [5.41, 5.74) is 2.30. The molecule has 1 aromatic carbocycles. The number of carboxylic acid groups (broad SMARTS) is 1. The Morgan fingerprint density at radius 2 is 2.25 bits per heavy atom. The fraction of sp³-hybridized carbons (Fsp3) is 0.154. The van der Waals surface area contributed by atoms with Gasteiger partial charge in [0.1, 0.15) is 11.4 Å². The van der Waals surface area contributed by atoms with E-state index in [4.69, 9.17) is 14.4 Å². The van der Waals surface area contributed by atoms with Crippen LogP contribution in [0.2, 0.25) is 0 Å². The van der Waals surface area contributed by atoms with E-state index in [1.807, 2.05) is 0 Å². The van der Waals surface area contributed by atoms with Crippen molar-refractivity contribution in [2.75, 3.05) is 12.4 Å². The van der Waals surface area contributed by atoms with E-state index in [9.17, 15) is 9.59 Å². The van der Waals surface area contributed by atoms with Gasteiger partial charge in [0, 0.05) is 11.6 Å². The molecule has 1 aliphatic heterocycles. The molecule has 0 spiro atoms. The maximum Gasteiger partial charge on any atom is 0.374 e. The van der Waals surface area contributed by atoms with Crippen LogP contribution in [0.5, 0.6) is 5.75 Å². The van der Waals surface area contributed by atoms with E-state index in [1.165, 1.54) is 13.2 Å². The molecular formula is C13H10N2O5. The summed E-state index contributed by atoms with van der Waals surface area (Å²) in [4.78, 5) is 22.3. The Labute approximate surface area is 113 Å². The molecule has 0 unspecified atom stereocenters. The van der Waals surface area contributed by atoms with Crippen LogP contribution in [0.4, 0.5) is 5.69 Å². The molecule has 0 radical (unpaired) electrons. The van der Waals surface area contributed by atoms with E-state index < -0.39 is 5.97 Å². The van der Waals surface area contributed by atoms with E-state index >= 15 is 0 Å². The molecule has 1 aliphatic rings. The predicted octanol–water partition coefficient (Wildman–Crippen LogP) is 1.54. The molecule has 0 fully saturated rings. The Kier molecular flexibility index (Phi) is 2.67. The highest BCUT2D eigenvalue weighted by Crippen LogP contribution is 2.38. The number of carbonyl (C=O) groups is 2. The number of nitrogens with zero attached hydrogens (tertiary/aromatic N) is 1. The Balaban J connectivity index is 2.15. The van der Waals surface area contributed by atoms with E-state index in [2.05, 4.69) is 10.5 Å². The van der Waals surface area contributed by atoms with Gasteiger partial charge in [0.2, 0.25) is 11.7 Å². The molecule has 0 saturated carbocycles. The highest BCUT2D eigenvalue weighted by atomic mass is 16.5. The van der Waals surface area contributed by atoms with Gasteiger partial charge in [0.15, 0.2) is 0 Å². The minimum absolute atomic E-state index is 0.128. The molecule has 2 aromatic rings. The number of anilines is 1. The molecular weight excluding hydrogens is 264 g/mol. The van der Waals surface area contributed by atoms with Crippen molar-refractivity contribution in [2.24, 2.45) is 0 Å². The van der Waals surface area contributed by atoms with E-state index in [0.717, 1.165) is 5.56 Å². The minimum Gasteiger partial charge on any atom is -0.497 e. The first-order chi connectivity index (χ1) is 9.58. The van der Waals surface area contributed by atoms with Gasteiger partial charge >= 0.3 is 5.97 Å². The molecule has 7 heteroatoms. The average molecular weight is 274 g/mol. The van der Waals surface area contributed by atoms with Crippen LogP contribution in [-0.4, -0.2) is 29.2 Å². The summed E-state index contributed by atoms with van der Waals surface area (Å²) >= 11 is 0. The molecule has 2 N–H and O–H groups in total. The van der Waals surface area contributed by atoms with E-state index in [-0.39, 0.29) is 18.1 Å². The zero-order chi connectivity index (χ0) is 14.3. The number of hydrogen-bond acceptors (Lipinski definition) is 5. The van der Waals surface area contributed by atoms with Gasteiger partial charge in [-0.15, -0.1) is 0 Å². The van der Waals surface area contributed by atoms with Crippen LogP contribution in [0.1, 0.15) is 16.1 Å². The number of methoxy groups -OCH3 is 1. The maximum absolute atomic E-state index is 11.5. The third-order valence-electron chi connectivity index (χ3n) is 3.04. The van der Waals surface area contributed by atoms with Crippen molar-refractivity contribution in [3.8, 4) is 17.0 Å². The van der Waals surface area contributed by atoms with E-state index in [0.29, 0.717) is 22.7 Å². The van der Waals surface area contributed by atoms with Gasteiger partial charge < -0.3 is 19.7 Å². The van der Waals surface area contributed by atoms with Crippen molar-refractivity contribution in [2.45, 2.75) is 6.42 Å². The number of fused-ring (bicyclic) bond motifs is 1. The topological polar surface area (TPSA) is 102 Å². The maximum atomic E-state index is 11.5. The SMILES string of the molecule is COc1cc2c(c(-c3cc(C(=O)O)on3)c1)NC(=O)C2. The number of rotatable bonds is 3. The average Bonchev–Trinajstić information content (AvgIpc) is 3.02. The number of carboxylic acids is 1. The zero-order valence-electron chi connectivity index (χ0n) is 10.5. The van der Waals surface area contributed by atoms with Crippen LogP contribution in [0.3, 0.4) is 0 Å². The summed E-state index contributed by atoms with van der Waals surface area (Å²) in [6, 6.07) is 4.74. The number of hydrogen-bond donors (Lipinski definition) is 2. The van der Waals surface area contributed by atoms with Crippen LogP contribution in [0.25, 0.3) is 11.3 Å². The predicted molar refractivity (Wildman–Crippen MR) is 67.8 cm³/mol. The van der Waals surface area contributed by atoms with Crippen LogP contribution in [-0.2, 0) is 11.2 Å². The van der Waals surface area contributed by atoms with Crippen LogP contribution < -0.4 is 10.1 Å². The minimum atomic E-state index is -1.20. The number of ether oxygens (including phenoxy) is 1. The Morgan fingerprint density at radius 3 is 2.90 bits per heavy atom. The molecule has 7 nitrogen and oxygen atoms in total. The summed E-state index contributed by atoms with van der Waals surface area (Å²) < 4.78 is 9.91. The lowest BCUT2D eigenvalue weighted by molar-refractivity contribution is -0.115. The normalized spacial score (nSPS) is 12.9. The van der Waals surface area contributed by atoms with Crippen LogP contribution in [0.15, 0.2) is 22.7 Å². The third kappa shape index (κ3) is 1.89. The number of carbonyl (C=O) groups excluding carboxylic acids is 1. The second-order valence-corrected chi connectivity index (χ2v) is 4.32. The molecule has 20 heavy (non-hydrogen) atoms. The van der Waals surface area contributed by atoms with Crippen molar-refractivity contribution in [1.29, 1.82) is 0 Å². The summed E-state index contributed by atoms with van der Waals surface area (Å²) in [5, 5.41) is 15.3. The molecule has 102 valence electrons. The van der Waals surface area contributed by atoms with Gasteiger partial charge in [-0.25, -0.2) is 4.79 Å². The first kappa shape index (κ1) is 12.2. The summed E-state index contributed by atoms with van der Waals surface area (Å²) in [7, 11) is 1.52. The standard InChI is InChI=1S/C13H10N2O5/c1-19-7-2-6-3-11(16)14-12(6)8(4-7)9-5-10(13(17)18)20-15-9/h2,4-5H,3H2,1H3,(H,14,16)(H,17,18). The Bertz CT molecular complexity index is 720. The van der Waals surface area contributed by atoms with Crippen LogP contribution in [0, 0.1) is 0 Å². The molecule has 1 aromatic heterocycles. The monoisotopic (exact) mass is 274 g/mol. The lowest BCUT2D eigenvalue weighted by Gasteiger charge is -2.08. The van der Waals surface area contributed by atoms with Crippen molar-refractivity contribution < 1.29 is 24.0 Å². The third-order valence-corrected chi connectivity index (χ3v) is 3.04. The number of amides is 1. The van der Waals surface area contributed by atoms with Crippen molar-refractivity contribution in [3.63, 3.8) is 0 Å². The summed E-state index contributed by atoms with van der Waals surface area (Å²) in [6.45, 7) is 0. The molecule has 1 amide bonds. The molecule has 0 bridgehead atoms. The first-order valence-corrected chi connectivity index (χ1v) is 5.79. The molecule has 2 heterocycles. The van der Waals surface area contributed by atoms with Gasteiger partial charge in [-0.05, 0) is 17.7 Å². The fourth-order valence-electron chi connectivity index (χ4n) is 2.14. The summed E-state index contributed by atoms with van der Waals surface area (Å²) in [6.07, 6.45) is 0.253. The number of nitrogens with one attached hydrogen (secondary N) is 1. The number of aromatic carboxylic acids is 1. The highest BCUT2D eigenvalue weighted by Gasteiger charge is 2.25. The Hall–Kier alpha value is -2.83. The van der Waals surface area contributed by atoms with Crippen molar-refractivity contribution >= 4 is 17.6 Å². The van der Waals surface area contributed by atoms with Gasteiger partial charge in [-0.1, -0.05) is 5.16 Å². The number of aromatic nitrogens is 1. The molecule has 0 aliphatic carbocycles. The summed E-state index contributed by atoms with van der Waals surface area (Å²) in [5.74, 6) is -1.03. The molecule has 0 saturated heterocycles. The lowest BCUT2D eigenvalue weighted by atomic mass is 10.0. The zero-order valence-corrected chi connectivity index (χ0v) is 10.5. The quantitative estimate of drug-likeness (QED) is 0.880. The van der Waals surface area contributed by atoms with Crippen molar-refractivity contribution in [3.05, 3.63) is 29.5 Å². The molecule has 3 rings (SSSR count). The molecule has 0 atom stereocenters. The second-order valence-electron chi connectivity index (χ2n) is 4.32. The lowest BCUT2D eigenvalue weighted by Crippen LogP contribution is -2.04. The first-order valence-electron chi connectivity index (χ1n) is 5.79. The van der Waals surface area contributed by atoms with Gasteiger partial charge in [-0.3, -0.25) is 4.79 Å². The van der Waals surface area contributed by atoms with E-state index in [1.54, 1.807) is 12.1 Å². The Morgan fingerprint density at radius 1 is 1.45 bits per heavy atom. The fourth-order valence-corrected chi connectivity index (χ4v) is 2.14. The second kappa shape index (κ2) is 4.37. The van der Waals surface area contributed by atoms with Gasteiger partial charge in [0.25, 0.3) is 0 Å². The smallest absolute Gasteiger partial charge is 0.374 e. The highest BCUT2D eigenvalue weighted by molar-refractivity contribution is 6.04. The van der Waals surface area contributed by atoms with Gasteiger partial charge in [-0.2, -0.15) is 0 Å². The number of benzene rings is 1. The van der Waals surface area contributed by atoms with Gasteiger partial charge in [0.05, 0.1) is 19.2 Å².